The minimum atomic E-state index is -3.41. The normalized spacial score (nSPS) is 16.7. The van der Waals surface area contributed by atoms with Crippen molar-refractivity contribution in [2.24, 2.45) is 0 Å². The van der Waals surface area contributed by atoms with Crippen LogP contribution in [0.5, 0.6) is 11.5 Å². The molecule has 0 spiro atoms. The Balaban J connectivity index is 2.01. The third-order valence-corrected chi connectivity index (χ3v) is 5.12. The molecular weight excluding hydrogens is 292 g/mol. The maximum Gasteiger partial charge on any atom is 0.279 e. The zero-order chi connectivity index (χ0) is 15.3. The molecule has 0 radical (unpaired) electrons. The van der Waals surface area contributed by atoms with Gasteiger partial charge in [-0.15, -0.1) is 0 Å². The molecule has 2 rings (SSSR count). The number of ether oxygens (including phenoxy) is 2. The van der Waals surface area contributed by atoms with Crippen molar-refractivity contribution < 1.29 is 17.9 Å². The number of nitrogens with one attached hydrogen (secondary N) is 1. The van der Waals surface area contributed by atoms with Crippen molar-refractivity contribution in [3.05, 3.63) is 23.8 Å². The Labute approximate surface area is 126 Å². The zero-order valence-corrected chi connectivity index (χ0v) is 13.3. The van der Waals surface area contributed by atoms with Gasteiger partial charge in [-0.05, 0) is 30.5 Å². The number of piperidine rings is 1. The van der Waals surface area contributed by atoms with Crippen molar-refractivity contribution in [2.75, 3.05) is 27.3 Å². The van der Waals surface area contributed by atoms with Gasteiger partial charge >= 0.3 is 0 Å². The second-order valence-electron chi connectivity index (χ2n) is 4.98. The van der Waals surface area contributed by atoms with Crippen molar-refractivity contribution in [3.63, 3.8) is 0 Å². The summed E-state index contributed by atoms with van der Waals surface area (Å²) in [6, 6.07) is 5.36. The molecule has 1 aliphatic heterocycles. The Morgan fingerprint density at radius 2 is 1.76 bits per heavy atom. The van der Waals surface area contributed by atoms with Crippen molar-refractivity contribution in [1.29, 1.82) is 0 Å². The molecule has 1 fully saturated rings. The van der Waals surface area contributed by atoms with E-state index in [9.17, 15) is 8.42 Å². The lowest BCUT2D eigenvalue weighted by atomic mass is 10.2. The van der Waals surface area contributed by atoms with Crippen molar-refractivity contribution in [2.45, 2.75) is 25.8 Å². The van der Waals surface area contributed by atoms with Gasteiger partial charge in [-0.25, -0.2) is 0 Å². The molecule has 0 aliphatic carbocycles. The van der Waals surface area contributed by atoms with E-state index in [4.69, 9.17) is 9.47 Å². The lowest BCUT2D eigenvalue weighted by molar-refractivity contribution is 0.341. The molecule has 0 atom stereocenters. The van der Waals surface area contributed by atoms with E-state index in [1.54, 1.807) is 26.4 Å². The molecule has 0 bridgehead atoms. The van der Waals surface area contributed by atoms with Crippen LogP contribution in [0.2, 0.25) is 0 Å². The zero-order valence-electron chi connectivity index (χ0n) is 12.5. The molecule has 1 heterocycles. The maximum atomic E-state index is 12.2. The molecule has 21 heavy (non-hydrogen) atoms. The Kier molecular flexibility index (Phi) is 5.44. The van der Waals surface area contributed by atoms with Gasteiger partial charge in [0, 0.05) is 19.6 Å². The summed E-state index contributed by atoms with van der Waals surface area (Å²) in [4.78, 5) is 0. The molecule has 6 nitrogen and oxygen atoms in total. The number of nitrogens with zero attached hydrogens (tertiary/aromatic N) is 1. The molecule has 1 aliphatic rings. The molecule has 0 aromatic heterocycles. The highest BCUT2D eigenvalue weighted by Gasteiger charge is 2.23. The first kappa shape index (κ1) is 16.1. The lowest BCUT2D eigenvalue weighted by Crippen LogP contribution is -2.43. The largest absolute Gasteiger partial charge is 0.493 e. The smallest absolute Gasteiger partial charge is 0.279 e. The van der Waals surface area contributed by atoms with Crippen LogP contribution in [0.3, 0.4) is 0 Å². The Bertz CT molecular complexity index is 568. The Hall–Kier alpha value is -1.31. The van der Waals surface area contributed by atoms with Crippen LogP contribution in [-0.2, 0) is 16.8 Å². The standard InChI is InChI=1S/C14H22N2O4S/c1-19-13-7-6-12(10-14(13)20-2)11-15-21(17,18)16-8-4-3-5-9-16/h6-7,10,15H,3-5,8-9,11H2,1-2H3. The fourth-order valence-corrected chi connectivity index (χ4v) is 3.63. The van der Waals surface area contributed by atoms with Crippen LogP contribution in [0.1, 0.15) is 24.8 Å². The van der Waals surface area contributed by atoms with Gasteiger partial charge in [0.15, 0.2) is 11.5 Å². The monoisotopic (exact) mass is 314 g/mol. The summed E-state index contributed by atoms with van der Waals surface area (Å²) in [6.45, 7) is 1.43. The summed E-state index contributed by atoms with van der Waals surface area (Å²) in [6.07, 6.45) is 2.95. The van der Waals surface area contributed by atoms with Gasteiger partial charge in [-0.1, -0.05) is 12.5 Å². The van der Waals surface area contributed by atoms with Crippen LogP contribution in [0.15, 0.2) is 18.2 Å². The average Bonchev–Trinajstić information content (AvgIpc) is 2.53. The number of rotatable bonds is 6. The summed E-state index contributed by atoms with van der Waals surface area (Å²) in [7, 11) is -0.284. The maximum absolute atomic E-state index is 12.2. The number of hydrogen-bond donors (Lipinski definition) is 1. The van der Waals surface area contributed by atoms with Crippen molar-refractivity contribution in [3.8, 4) is 11.5 Å². The molecular formula is C14H22N2O4S. The minimum Gasteiger partial charge on any atom is -0.493 e. The van der Waals surface area contributed by atoms with E-state index >= 15 is 0 Å². The van der Waals surface area contributed by atoms with Crippen LogP contribution in [-0.4, -0.2) is 40.0 Å². The third kappa shape index (κ3) is 4.09. The summed E-state index contributed by atoms with van der Waals surface area (Å²) in [5, 5.41) is 0. The molecule has 0 unspecified atom stereocenters. The van der Waals surface area contributed by atoms with Crippen LogP contribution < -0.4 is 14.2 Å². The summed E-state index contributed by atoms with van der Waals surface area (Å²) in [5.41, 5.74) is 0.827. The highest BCUT2D eigenvalue weighted by molar-refractivity contribution is 7.87. The van der Waals surface area contributed by atoms with E-state index in [1.807, 2.05) is 6.07 Å². The molecule has 1 aromatic rings. The van der Waals surface area contributed by atoms with Gasteiger partial charge in [0.2, 0.25) is 0 Å². The second-order valence-corrected chi connectivity index (χ2v) is 6.73. The third-order valence-electron chi connectivity index (χ3n) is 3.56. The average molecular weight is 314 g/mol. The van der Waals surface area contributed by atoms with Crippen LogP contribution in [0.25, 0.3) is 0 Å². The van der Waals surface area contributed by atoms with Gasteiger partial charge in [0.1, 0.15) is 0 Å². The van der Waals surface area contributed by atoms with Crippen LogP contribution >= 0.6 is 0 Å². The molecule has 0 saturated carbocycles. The first-order valence-corrected chi connectivity index (χ1v) is 8.46. The predicted octanol–water partition coefficient (Wildman–Crippen LogP) is 1.52. The summed E-state index contributed by atoms with van der Waals surface area (Å²) in [5.74, 6) is 1.22. The van der Waals surface area contributed by atoms with E-state index < -0.39 is 10.2 Å². The number of hydrogen-bond acceptors (Lipinski definition) is 4. The topological polar surface area (TPSA) is 67.9 Å². The quantitative estimate of drug-likeness (QED) is 0.864. The predicted molar refractivity (Wildman–Crippen MR) is 80.7 cm³/mol. The SMILES string of the molecule is COc1ccc(CNS(=O)(=O)N2CCCCC2)cc1OC. The lowest BCUT2D eigenvalue weighted by Gasteiger charge is -2.26. The first-order chi connectivity index (χ1) is 10.1. The van der Waals surface area contributed by atoms with Gasteiger partial charge < -0.3 is 9.47 Å². The minimum absolute atomic E-state index is 0.235. The van der Waals surface area contributed by atoms with Gasteiger partial charge in [-0.2, -0.15) is 17.4 Å². The van der Waals surface area contributed by atoms with Crippen LogP contribution in [0.4, 0.5) is 0 Å². The highest BCUT2D eigenvalue weighted by Crippen LogP contribution is 2.27. The number of methoxy groups -OCH3 is 2. The molecule has 1 N–H and O–H groups in total. The van der Waals surface area contributed by atoms with Gasteiger partial charge in [0.25, 0.3) is 10.2 Å². The molecule has 0 amide bonds. The first-order valence-electron chi connectivity index (χ1n) is 7.02. The van der Waals surface area contributed by atoms with Gasteiger partial charge in [-0.3, -0.25) is 0 Å². The summed E-state index contributed by atoms with van der Waals surface area (Å²) < 4.78 is 38.9. The van der Waals surface area contributed by atoms with Crippen LogP contribution in [0, 0.1) is 0 Å². The van der Waals surface area contributed by atoms with E-state index in [2.05, 4.69) is 4.72 Å². The fourth-order valence-electron chi connectivity index (χ4n) is 2.36. The molecule has 118 valence electrons. The Morgan fingerprint density at radius 3 is 2.38 bits per heavy atom. The Morgan fingerprint density at radius 1 is 1.10 bits per heavy atom. The van der Waals surface area contributed by atoms with Gasteiger partial charge in [0.05, 0.1) is 14.2 Å². The van der Waals surface area contributed by atoms with E-state index in [0.29, 0.717) is 24.6 Å². The second kappa shape index (κ2) is 7.11. The fraction of sp³-hybridized carbons (Fsp3) is 0.571. The van der Waals surface area contributed by atoms with Crippen molar-refractivity contribution >= 4 is 10.2 Å². The molecule has 1 saturated heterocycles. The molecule has 1 aromatic carbocycles. The summed E-state index contributed by atoms with van der Waals surface area (Å²) >= 11 is 0. The van der Waals surface area contributed by atoms with Crippen molar-refractivity contribution in [1.82, 2.24) is 9.03 Å². The van der Waals surface area contributed by atoms with E-state index in [1.165, 1.54) is 4.31 Å². The number of benzene rings is 1. The molecule has 7 heteroatoms. The van der Waals surface area contributed by atoms with E-state index in [0.717, 1.165) is 24.8 Å². The van der Waals surface area contributed by atoms with E-state index in [-0.39, 0.29) is 6.54 Å². The highest BCUT2D eigenvalue weighted by atomic mass is 32.2.